The van der Waals surface area contributed by atoms with Crippen LogP contribution in [-0.4, -0.2) is 22.4 Å². The molecule has 1 saturated heterocycles. The number of allylic oxidation sites excluding steroid dienone is 1. The van der Waals surface area contributed by atoms with E-state index < -0.39 is 17.6 Å². The predicted octanol–water partition coefficient (Wildman–Crippen LogP) is 5.55. The Kier molecular flexibility index (Phi) is 6.23. The van der Waals surface area contributed by atoms with Crippen molar-refractivity contribution >= 4 is 46.0 Å². The number of ether oxygens (including phenoxy) is 1. The number of phenols is 1. The zero-order chi connectivity index (χ0) is 22.1. The number of anilines is 1. The number of hydrogen-bond donors (Lipinski definition) is 1. The molecule has 0 atom stereocenters. The van der Waals surface area contributed by atoms with Crippen LogP contribution in [0.4, 0.5) is 18.9 Å². The molecule has 156 valence electrons. The van der Waals surface area contributed by atoms with Crippen molar-refractivity contribution in [1.29, 1.82) is 0 Å². The van der Waals surface area contributed by atoms with Gasteiger partial charge in [0.2, 0.25) is 0 Å². The maximum atomic E-state index is 13.0. The summed E-state index contributed by atoms with van der Waals surface area (Å²) in [5.74, 6) is -0.318. The van der Waals surface area contributed by atoms with Crippen molar-refractivity contribution in [2.24, 2.45) is 0 Å². The Labute approximate surface area is 180 Å². The number of thioether (sulfide) groups is 1. The Bertz CT molecular complexity index is 1060. The van der Waals surface area contributed by atoms with Crippen molar-refractivity contribution in [3.8, 4) is 11.5 Å². The quantitative estimate of drug-likeness (QED) is 0.367. The molecular weight excluding hydrogens is 435 g/mol. The van der Waals surface area contributed by atoms with Crippen molar-refractivity contribution in [2.45, 2.75) is 12.6 Å². The maximum absolute atomic E-state index is 13.0. The van der Waals surface area contributed by atoms with Crippen LogP contribution in [0.1, 0.15) is 16.7 Å². The Morgan fingerprint density at radius 2 is 2.03 bits per heavy atom. The summed E-state index contributed by atoms with van der Waals surface area (Å²) < 4.78 is 44.4. The Hall–Kier alpha value is -2.78. The molecule has 1 heterocycles. The van der Waals surface area contributed by atoms with Crippen LogP contribution in [0.25, 0.3) is 6.08 Å². The molecule has 9 heteroatoms. The molecule has 1 aliphatic heterocycles. The minimum Gasteiger partial charge on any atom is -0.504 e. The summed E-state index contributed by atoms with van der Waals surface area (Å²) in [4.78, 5) is 14.2. The normalized spacial score (nSPS) is 15.7. The van der Waals surface area contributed by atoms with Gasteiger partial charge in [-0.1, -0.05) is 36.1 Å². The van der Waals surface area contributed by atoms with Crippen LogP contribution in [0.3, 0.4) is 0 Å². The van der Waals surface area contributed by atoms with E-state index in [4.69, 9.17) is 17.0 Å². The van der Waals surface area contributed by atoms with E-state index >= 15 is 0 Å². The smallest absolute Gasteiger partial charge is 0.416 e. The molecular formula is C21H16F3NO3S2. The van der Waals surface area contributed by atoms with Crippen LogP contribution in [0.5, 0.6) is 11.5 Å². The van der Waals surface area contributed by atoms with Gasteiger partial charge in [0, 0.05) is 5.56 Å². The molecule has 0 aromatic heterocycles. The molecule has 1 fully saturated rings. The summed E-state index contributed by atoms with van der Waals surface area (Å²) in [5.41, 5.74) is 0.316. The monoisotopic (exact) mass is 451 g/mol. The molecule has 2 aromatic rings. The standard InChI is InChI=1S/C21H16F3NO3S2/c1-3-5-13-8-12(9-16(28-2)18(13)26)10-17-19(27)25(20(29)30-17)15-7-4-6-14(11-15)21(22,23)24/h3-4,6-11,26H,1,5H2,2H3/b17-10+. The minimum absolute atomic E-state index is 0.0222. The lowest BCUT2D eigenvalue weighted by Gasteiger charge is -2.16. The van der Waals surface area contributed by atoms with Gasteiger partial charge in [0.25, 0.3) is 5.91 Å². The van der Waals surface area contributed by atoms with Gasteiger partial charge < -0.3 is 9.84 Å². The molecule has 1 N–H and O–H groups in total. The zero-order valence-electron chi connectivity index (χ0n) is 15.7. The molecule has 30 heavy (non-hydrogen) atoms. The largest absolute Gasteiger partial charge is 0.504 e. The number of aromatic hydroxyl groups is 1. The lowest BCUT2D eigenvalue weighted by molar-refractivity contribution is -0.137. The maximum Gasteiger partial charge on any atom is 0.416 e. The van der Waals surface area contributed by atoms with Gasteiger partial charge in [0.1, 0.15) is 0 Å². The fourth-order valence-corrected chi connectivity index (χ4v) is 4.20. The van der Waals surface area contributed by atoms with E-state index in [0.717, 1.165) is 28.8 Å². The summed E-state index contributed by atoms with van der Waals surface area (Å²) in [6.07, 6.45) is -0.974. The van der Waals surface area contributed by atoms with Crippen molar-refractivity contribution in [2.75, 3.05) is 12.0 Å². The second-order valence-corrected chi connectivity index (χ2v) is 7.96. The average Bonchev–Trinajstić information content (AvgIpc) is 2.97. The highest BCUT2D eigenvalue weighted by Crippen LogP contribution is 2.39. The second-order valence-electron chi connectivity index (χ2n) is 6.29. The number of phenolic OH excluding ortho intramolecular Hbond substituents is 1. The second kappa shape index (κ2) is 8.53. The number of carbonyl (C=O) groups excluding carboxylic acids is 1. The number of alkyl halides is 3. The number of hydrogen-bond acceptors (Lipinski definition) is 5. The molecule has 2 aromatic carbocycles. The molecule has 0 unspecified atom stereocenters. The highest BCUT2D eigenvalue weighted by atomic mass is 32.2. The number of rotatable bonds is 5. The van der Waals surface area contributed by atoms with Gasteiger partial charge in [-0.05, 0) is 48.4 Å². The molecule has 1 amide bonds. The first-order valence-electron chi connectivity index (χ1n) is 8.61. The molecule has 0 spiro atoms. The summed E-state index contributed by atoms with van der Waals surface area (Å²) in [7, 11) is 1.41. The Balaban J connectivity index is 1.98. The van der Waals surface area contributed by atoms with Crippen LogP contribution in [-0.2, 0) is 17.4 Å². The number of nitrogens with zero attached hydrogens (tertiary/aromatic N) is 1. The van der Waals surface area contributed by atoms with Gasteiger partial charge in [-0.25, -0.2) is 0 Å². The minimum atomic E-state index is -4.53. The van der Waals surface area contributed by atoms with E-state index in [2.05, 4.69) is 6.58 Å². The molecule has 0 radical (unpaired) electrons. The zero-order valence-corrected chi connectivity index (χ0v) is 17.3. The van der Waals surface area contributed by atoms with Gasteiger partial charge in [-0.3, -0.25) is 9.69 Å². The average molecular weight is 451 g/mol. The molecule has 1 aliphatic rings. The van der Waals surface area contributed by atoms with Gasteiger partial charge in [0.15, 0.2) is 15.8 Å². The van der Waals surface area contributed by atoms with Gasteiger partial charge >= 0.3 is 6.18 Å². The van der Waals surface area contributed by atoms with Gasteiger partial charge in [-0.2, -0.15) is 13.2 Å². The van der Waals surface area contributed by atoms with Gasteiger partial charge in [0.05, 0.1) is 23.3 Å². The number of thiocarbonyl (C=S) groups is 1. The van der Waals surface area contributed by atoms with Crippen LogP contribution < -0.4 is 9.64 Å². The summed E-state index contributed by atoms with van der Waals surface area (Å²) >= 11 is 6.22. The summed E-state index contributed by atoms with van der Waals surface area (Å²) in [6, 6.07) is 7.68. The third-order valence-electron chi connectivity index (χ3n) is 4.28. The fourth-order valence-electron chi connectivity index (χ4n) is 2.90. The van der Waals surface area contributed by atoms with Crippen molar-refractivity contribution in [3.63, 3.8) is 0 Å². The lowest BCUT2D eigenvalue weighted by atomic mass is 10.1. The lowest BCUT2D eigenvalue weighted by Crippen LogP contribution is -2.27. The van der Waals surface area contributed by atoms with Gasteiger partial charge in [-0.15, -0.1) is 6.58 Å². The van der Waals surface area contributed by atoms with Crippen molar-refractivity contribution in [3.05, 3.63) is 70.6 Å². The van der Waals surface area contributed by atoms with Crippen LogP contribution >= 0.6 is 24.0 Å². The summed E-state index contributed by atoms with van der Waals surface area (Å²) in [6.45, 7) is 3.65. The van der Waals surface area contributed by atoms with E-state index in [9.17, 15) is 23.1 Å². The Morgan fingerprint density at radius 1 is 1.30 bits per heavy atom. The van der Waals surface area contributed by atoms with Crippen molar-refractivity contribution in [1.82, 2.24) is 0 Å². The molecule has 3 rings (SSSR count). The topological polar surface area (TPSA) is 49.8 Å². The third kappa shape index (κ3) is 4.36. The van der Waals surface area contributed by atoms with E-state index in [1.165, 1.54) is 19.2 Å². The highest BCUT2D eigenvalue weighted by molar-refractivity contribution is 8.27. The molecule has 0 aliphatic carbocycles. The van der Waals surface area contributed by atoms with E-state index in [1.807, 2.05) is 0 Å². The molecule has 4 nitrogen and oxygen atoms in total. The Morgan fingerprint density at radius 3 is 2.67 bits per heavy atom. The van der Waals surface area contributed by atoms with Crippen LogP contribution in [0.15, 0.2) is 54.0 Å². The summed E-state index contributed by atoms with van der Waals surface area (Å²) in [5, 5.41) is 10.2. The molecule has 0 saturated carbocycles. The van der Waals surface area contributed by atoms with E-state index in [1.54, 1.807) is 24.3 Å². The predicted molar refractivity (Wildman–Crippen MR) is 116 cm³/mol. The number of methoxy groups -OCH3 is 1. The van der Waals surface area contributed by atoms with Crippen LogP contribution in [0.2, 0.25) is 0 Å². The number of benzene rings is 2. The highest BCUT2D eigenvalue weighted by Gasteiger charge is 2.36. The first-order valence-corrected chi connectivity index (χ1v) is 9.84. The number of carbonyl (C=O) groups is 1. The SMILES string of the molecule is C=CCc1cc(/C=C2/SC(=S)N(c3cccc(C(F)(F)F)c3)C2=O)cc(OC)c1O. The van der Waals surface area contributed by atoms with Crippen molar-refractivity contribution < 1.29 is 27.8 Å². The van der Waals surface area contributed by atoms with E-state index in [0.29, 0.717) is 17.5 Å². The number of amides is 1. The fraction of sp³-hybridized carbons (Fsp3) is 0.143. The first-order chi connectivity index (χ1) is 14.2. The van der Waals surface area contributed by atoms with E-state index in [-0.39, 0.29) is 26.4 Å². The third-order valence-corrected chi connectivity index (χ3v) is 5.59. The molecule has 0 bridgehead atoms. The van der Waals surface area contributed by atoms with Crippen LogP contribution in [0, 0.1) is 0 Å². The number of halogens is 3. The first kappa shape index (κ1) is 21.9.